The van der Waals surface area contributed by atoms with Gasteiger partial charge in [0.1, 0.15) is 12.4 Å². The lowest BCUT2D eigenvalue weighted by Gasteiger charge is -2.08. The number of nitrogens with two attached hydrogens (primary N) is 1. The number of hydrogen-bond donors (Lipinski definition) is 1. The molecule has 0 aromatic heterocycles. The molecule has 0 saturated carbocycles. The van der Waals surface area contributed by atoms with Crippen LogP contribution in [0.3, 0.4) is 0 Å². The van der Waals surface area contributed by atoms with Crippen molar-refractivity contribution >= 4 is 0 Å². The molecular weight excluding hydrogens is 198 g/mol. The van der Waals surface area contributed by atoms with Crippen LogP contribution in [0, 0.1) is 0 Å². The Hall–Kier alpha value is -1.28. The number of rotatable bonds is 6. The Balaban J connectivity index is 2.44. The smallest absolute Gasteiger partial charge is 0.119 e. The molecule has 0 aliphatic carbocycles. The summed E-state index contributed by atoms with van der Waals surface area (Å²) >= 11 is 0. The van der Waals surface area contributed by atoms with Crippen LogP contribution in [0.15, 0.2) is 36.4 Å². The fraction of sp³-hybridized carbons (Fsp3) is 0.429. The zero-order valence-corrected chi connectivity index (χ0v) is 10.2. The van der Waals surface area contributed by atoms with E-state index >= 15 is 0 Å². The van der Waals surface area contributed by atoms with Crippen molar-refractivity contribution in [1.82, 2.24) is 0 Å². The number of ether oxygens (including phenoxy) is 1. The van der Waals surface area contributed by atoms with E-state index in [0.717, 1.165) is 24.2 Å². The van der Waals surface area contributed by atoms with Crippen molar-refractivity contribution in [3.05, 3.63) is 42.0 Å². The molecule has 2 N–H and O–H groups in total. The molecule has 2 heteroatoms. The summed E-state index contributed by atoms with van der Waals surface area (Å²) in [6.45, 7) is 8.37. The van der Waals surface area contributed by atoms with E-state index in [1.165, 1.54) is 5.56 Å². The van der Waals surface area contributed by atoms with Crippen LogP contribution in [0.1, 0.15) is 25.8 Å². The van der Waals surface area contributed by atoms with Gasteiger partial charge in [0, 0.05) is 6.04 Å². The molecule has 2 nitrogen and oxygen atoms in total. The molecule has 0 bridgehead atoms. The zero-order chi connectivity index (χ0) is 12.0. The Bertz CT molecular complexity index is 327. The normalized spacial score (nSPS) is 12.2. The van der Waals surface area contributed by atoms with E-state index < -0.39 is 0 Å². The molecule has 1 unspecified atom stereocenters. The molecule has 0 aliphatic heterocycles. The molecule has 1 aromatic rings. The SMILES string of the molecule is C=C(C)COc1ccc(CCC(C)N)cc1. The average Bonchev–Trinajstić information content (AvgIpc) is 2.25. The molecule has 0 saturated heterocycles. The molecule has 88 valence electrons. The lowest BCUT2D eigenvalue weighted by atomic mass is 10.1. The largest absolute Gasteiger partial charge is 0.489 e. The van der Waals surface area contributed by atoms with Gasteiger partial charge in [0.25, 0.3) is 0 Å². The predicted molar refractivity (Wildman–Crippen MR) is 68.7 cm³/mol. The third-order valence-corrected chi connectivity index (χ3v) is 2.30. The van der Waals surface area contributed by atoms with Gasteiger partial charge in [-0.1, -0.05) is 18.7 Å². The molecule has 1 aromatic carbocycles. The van der Waals surface area contributed by atoms with E-state index in [0.29, 0.717) is 6.61 Å². The third kappa shape index (κ3) is 4.99. The minimum atomic E-state index is 0.263. The molecule has 0 radical (unpaired) electrons. The van der Waals surface area contributed by atoms with Gasteiger partial charge in [-0.2, -0.15) is 0 Å². The van der Waals surface area contributed by atoms with E-state index in [4.69, 9.17) is 10.5 Å². The minimum Gasteiger partial charge on any atom is -0.489 e. The minimum absolute atomic E-state index is 0.263. The van der Waals surface area contributed by atoms with Crippen molar-refractivity contribution in [3.8, 4) is 5.75 Å². The summed E-state index contributed by atoms with van der Waals surface area (Å²) in [6.07, 6.45) is 2.05. The van der Waals surface area contributed by atoms with Crippen LogP contribution >= 0.6 is 0 Å². The van der Waals surface area contributed by atoms with E-state index in [1.54, 1.807) is 0 Å². The van der Waals surface area contributed by atoms with Gasteiger partial charge in [-0.3, -0.25) is 0 Å². The predicted octanol–water partition coefficient (Wildman–Crippen LogP) is 2.92. The van der Waals surface area contributed by atoms with Crippen LogP contribution in [0.5, 0.6) is 5.75 Å². The monoisotopic (exact) mass is 219 g/mol. The number of hydrogen-bond acceptors (Lipinski definition) is 2. The maximum Gasteiger partial charge on any atom is 0.119 e. The van der Waals surface area contributed by atoms with Crippen LogP contribution in [-0.2, 0) is 6.42 Å². The first-order valence-corrected chi connectivity index (χ1v) is 5.69. The van der Waals surface area contributed by atoms with Crippen molar-refractivity contribution in [2.45, 2.75) is 32.7 Å². The Morgan fingerprint density at radius 3 is 2.50 bits per heavy atom. The summed E-state index contributed by atoms with van der Waals surface area (Å²) in [5.41, 5.74) is 8.05. The van der Waals surface area contributed by atoms with E-state index in [2.05, 4.69) is 18.7 Å². The summed E-state index contributed by atoms with van der Waals surface area (Å²) < 4.78 is 5.52. The second-order valence-corrected chi connectivity index (χ2v) is 4.41. The lowest BCUT2D eigenvalue weighted by Crippen LogP contribution is -2.15. The molecule has 16 heavy (non-hydrogen) atoms. The van der Waals surface area contributed by atoms with Crippen LogP contribution < -0.4 is 10.5 Å². The zero-order valence-electron chi connectivity index (χ0n) is 10.2. The average molecular weight is 219 g/mol. The summed E-state index contributed by atoms with van der Waals surface area (Å²) in [7, 11) is 0. The highest BCUT2D eigenvalue weighted by atomic mass is 16.5. The molecule has 0 fully saturated rings. The van der Waals surface area contributed by atoms with Crippen molar-refractivity contribution in [2.24, 2.45) is 5.73 Å². The first kappa shape index (κ1) is 12.8. The second-order valence-electron chi connectivity index (χ2n) is 4.41. The van der Waals surface area contributed by atoms with Gasteiger partial charge in [0.15, 0.2) is 0 Å². The van der Waals surface area contributed by atoms with E-state index in [9.17, 15) is 0 Å². The van der Waals surface area contributed by atoms with E-state index in [-0.39, 0.29) is 6.04 Å². The summed E-state index contributed by atoms with van der Waals surface area (Å²) in [5.74, 6) is 0.896. The molecule has 1 atom stereocenters. The van der Waals surface area contributed by atoms with Gasteiger partial charge in [0.2, 0.25) is 0 Å². The maximum absolute atomic E-state index is 5.72. The highest BCUT2D eigenvalue weighted by molar-refractivity contribution is 5.27. The molecular formula is C14H21NO. The fourth-order valence-corrected chi connectivity index (χ4v) is 1.35. The lowest BCUT2D eigenvalue weighted by molar-refractivity contribution is 0.352. The van der Waals surface area contributed by atoms with Crippen molar-refractivity contribution in [2.75, 3.05) is 6.61 Å². The van der Waals surface area contributed by atoms with Gasteiger partial charge in [-0.25, -0.2) is 0 Å². The highest BCUT2D eigenvalue weighted by Crippen LogP contribution is 2.14. The second kappa shape index (κ2) is 6.33. The first-order valence-electron chi connectivity index (χ1n) is 5.69. The Kier molecular flexibility index (Phi) is 5.06. The quantitative estimate of drug-likeness (QED) is 0.747. The topological polar surface area (TPSA) is 35.2 Å². The first-order chi connectivity index (χ1) is 7.58. The Morgan fingerprint density at radius 2 is 2.00 bits per heavy atom. The molecule has 0 spiro atoms. The molecule has 0 amide bonds. The van der Waals surface area contributed by atoms with Crippen LogP contribution in [0.4, 0.5) is 0 Å². The highest BCUT2D eigenvalue weighted by Gasteiger charge is 1.98. The van der Waals surface area contributed by atoms with Gasteiger partial charge >= 0.3 is 0 Å². The Morgan fingerprint density at radius 1 is 1.38 bits per heavy atom. The van der Waals surface area contributed by atoms with Crippen LogP contribution in [0.25, 0.3) is 0 Å². The summed E-state index contributed by atoms with van der Waals surface area (Å²) in [6, 6.07) is 8.45. The van der Waals surface area contributed by atoms with Crippen LogP contribution in [0.2, 0.25) is 0 Å². The van der Waals surface area contributed by atoms with Gasteiger partial charge in [-0.05, 0) is 50.0 Å². The fourth-order valence-electron chi connectivity index (χ4n) is 1.35. The van der Waals surface area contributed by atoms with Gasteiger partial charge in [-0.15, -0.1) is 0 Å². The van der Waals surface area contributed by atoms with Crippen LogP contribution in [-0.4, -0.2) is 12.6 Å². The Labute approximate surface area is 98.1 Å². The van der Waals surface area contributed by atoms with E-state index in [1.807, 2.05) is 26.0 Å². The third-order valence-electron chi connectivity index (χ3n) is 2.30. The number of aryl methyl sites for hydroxylation is 1. The molecule has 0 heterocycles. The summed E-state index contributed by atoms with van der Waals surface area (Å²) in [5, 5.41) is 0. The number of benzene rings is 1. The standard InChI is InChI=1S/C14H21NO/c1-11(2)10-16-14-8-6-13(7-9-14)5-4-12(3)15/h6-9,12H,1,4-5,10,15H2,2-3H3. The maximum atomic E-state index is 5.72. The summed E-state index contributed by atoms with van der Waals surface area (Å²) in [4.78, 5) is 0. The van der Waals surface area contributed by atoms with Gasteiger partial charge in [0.05, 0.1) is 0 Å². The van der Waals surface area contributed by atoms with Crippen molar-refractivity contribution < 1.29 is 4.74 Å². The molecule has 1 rings (SSSR count). The van der Waals surface area contributed by atoms with Gasteiger partial charge < -0.3 is 10.5 Å². The van der Waals surface area contributed by atoms with Crippen molar-refractivity contribution in [1.29, 1.82) is 0 Å². The van der Waals surface area contributed by atoms with Crippen molar-refractivity contribution in [3.63, 3.8) is 0 Å². The molecule has 0 aliphatic rings.